The molecule has 4 nitrogen and oxygen atoms in total. The first-order valence-corrected chi connectivity index (χ1v) is 7.74. The highest BCUT2D eigenvalue weighted by Crippen LogP contribution is 2.30. The number of hydrogen-bond donors (Lipinski definition) is 0. The molecule has 0 fully saturated rings. The Bertz CT molecular complexity index is 549. The van der Waals surface area contributed by atoms with E-state index in [1.54, 1.807) is 0 Å². The van der Waals surface area contributed by atoms with Crippen molar-refractivity contribution in [3.05, 3.63) is 23.8 Å². The van der Waals surface area contributed by atoms with Gasteiger partial charge in [0, 0.05) is 23.3 Å². The average molecular weight is 314 g/mol. The Labute approximate surface area is 115 Å². The molecule has 0 aromatic heterocycles. The molecule has 0 saturated carbocycles. The van der Waals surface area contributed by atoms with Gasteiger partial charge in [0.25, 0.3) is 9.05 Å². The summed E-state index contributed by atoms with van der Waals surface area (Å²) in [5.74, 6) is -2.67. The molecule has 0 spiro atoms. The third-order valence-corrected chi connectivity index (χ3v) is 3.56. The van der Waals surface area contributed by atoms with Gasteiger partial charge in [0.1, 0.15) is 10.7 Å². The van der Waals surface area contributed by atoms with Gasteiger partial charge in [-0.2, -0.15) is 0 Å². The standard InChI is InChI=1S/C11H14ClF2NO3S/c1-15(2)4-3-5-18-11-9(14)6-8(13)7-10(11)19(12,16)17/h6-7H,3-5H2,1-2H3. The molecule has 1 aromatic carbocycles. The molecule has 8 heteroatoms. The molecule has 0 aliphatic heterocycles. The van der Waals surface area contributed by atoms with Gasteiger partial charge in [0.05, 0.1) is 6.61 Å². The van der Waals surface area contributed by atoms with Crippen LogP contribution in [0.15, 0.2) is 17.0 Å². The van der Waals surface area contributed by atoms with Crippen molar-refractivity contribution in [3.8, 4) is 5.75 Å². The minimum absolute atomic E-state index is 0.0974. The van der Waals surface area contributed by atoms with E-state index in [2.05, 4.69) is 0 Å². The molecule has 0 aliphatic rings. The van der Waals surface area contributed by atoms with E-state index in [9.17, 15) is 17.2 Å². The molecule has 0 aliphatic carbocycles. The molecule has 0 heterocycles. The smallest absolute Gasteiger partial charge is 0.265 e. The van der Waals surface area contributed by atoms with Gasteiger partial charge in [-0.1, -0.05) is 0 Å². The normalized spacial score (nSPS) is 11.9. The van der Waals surface area contributed by atoms with Crippen LogP contribution in [0.5, 0.6) is 5.75 Å². The highest BCUT2D eigenvalue weighted by Gasteiger charge is 2.22. The molecule has 0 amide bonds. The van der Waals surface area contributed by atoms with Crippen LogP contribution in [0.3, 0.4) is 0 Å². The van der Waals surface area contributed by atoms with E-state index in [-0.39, 0.29) is 6.61 Å². The Morgan fingerprint density at radius 3 is 2.47 bits per heavy atom. The molecule has 108 valence electrons. The topological polar surface area (TPSA) is 46.6 Å². The lowest BCUT2D eigenvalue weighted by molar-refractivity contribution is 0.264. The molecule has 1 aromatic rings. The molecule has 0 radical (unpaired) electrons. The number of ether oxygens (including phenoxy) is 1. The van der Waals surface area contributed by atoms with E-state index in [0.717, 1.165) is 0 Å². The molecule has 1 rings (SSSR count). The van der Waals surface area contributed by atoms with Crippen molar-refractivity contribution in [2.45, 2.75) is 11.3 Å². The largest absolute Gasteiger partial charge is 0.489 e. The zero-order valence-corrected chi connectivity index (χ0v) is 12.1. The van der Waals surface area contributed by atoms with Crippen molar-refractivity contribution in [1.82, 2.24) is 4.90 Å². The zero-order chi connectivity index (χ0) is 14.6. The fraction of sp³-hybridized carbons (Fsp3) is 0.455. The lowest BCUT2D eigenvalue weighted by Gasteiger charge is -2.12. The lowest BCUT2D eigenvalue weighted by atomic mass is 10.3. The van der Waals surface area contributed by atoms with Crippen LogP contribution in [0.4, 0.5) is 8.78 Å². The second-order valence-corrected chi connectivity index (χ2v) is 6.69. The van der Waals surface area contributed by atoms with Gasteiger partial charge in [0.15, 0.2) is 11.6 Å². The van der Waals surface area contributed by atoms with Crippen LogP contribution in [0.25, 0.3) is 0 Å². The third kappa shape index (κ3) is 4.93. The summed E-state index contributed by atoms with van der Waals surface area (Å²) >= 11 is 0. The van der Waals surface area contributed by atoms with Crippen LogP contribution in [-0.4, -0.2) is 40.6 Å². The first kappa shape index (κ1) is 16.1. The quantitative estimate of drug-likeness (QED) is 0.597. The second kappa shape index (κ2) is 6.49. The Kier molecular flexibility index (Phi) is 5.51. The highest BCUT2D eigenvalue weighted by molar-refractivity contribution is 8.13. The van der Waals surface area contributed by atoms with Gasteiger partial charge in [-0.15, -0.1) is 0 Å². The average Bonchev–Trinajstić information content (AvgIpc) is 2.24. The molecule has 19 heavy (non-hydrogen) atoms. The summed E-state index contributed by atoms with van der Waals surface area (Å²) in [7, 11) is 4.56. The first-order chi connectivity index (χ1) is 8.71. The number of rotatable bonds is 6. The Morgan fingerprint density at radius 2 is 1.95 bits per heavy atom. The maximum Gasteiger partial charge on any atom is 0.265 e. The van der Waals surface area contributed by atoms with Crippen LogP contribution < -0.4 is 4.74 Å². The summed E-state index contributed by atoms with van der Waals surface area (Å²) in [5, 5.41) is 0. The summed E-state index contributed by atoms with van der Waals surface area (Å²) in [6, 6.07) is 1.18. The molecule has 0 N–H and O–H groups in total. The molecule has 0 atom stereocenters. The Morgan fingerprint density at radius 1 is 1.32 bits per heavy atom. The number of benzene rings is 1. The summed E-state index contributed by atoms with van der Waals surface area (Å²) < 4.78 is 54.1. The second-order valence-electron chi connectivity index (χ2n) is 4.16. The van der Waals surface area contributed by atoms with Gasteiger partial charge in [-0.25, -0.2) is 17.2 Å². The number of nitrogens with zero attached hydrogens (tertiary/aromatic N) is 1. The minimum atomic E-state index is -4.28. The van der Waals surface area contributed by atoms with Crippen molar-refractivity contribution in [2.24, 2.45) is 0 Å². The van der Waals surface area contributed by atoms with Gasteiger partial charge in [-0.05, 0) is 26.6 Å². The minimum Gasteiger partial charge on any atom is -0.489 e. The van der Waals surface area contributed by atoms with Crippen LogP contribution >= 0.6 is 10.7 Å². The summed E-state index contributed by atoms with van der Waals surface area (Å²) in [6.07, 6.45) is 0.561. The first-order valence-electron chi connectivity index (χ1n) is 5.43. The number of halogens is 3. The predicted molar refractivity (Wildman–Crippen MR) is 68.1 cm³/mol. The summed E-state index contributed by atoms with van der Waals surface area (Å²) in [5.41, 5.74) is 0. The van der Waals surface area contributed by atoms with E-state index in [1.165, 1.54) is 0 Å². The van der Waals surface area contributed by atoms with Gasteiger partial charge in [0.2, 0.25) is 0 Å². The molecule has 0 unspecified atom stereocenters. The van der Waals surface area contributed by atoms with Crippen molar-refractivity contribution in [1.29, 1.82) is 0 Å². The molecular weight excluding hydrogens is 300 g/mol. The predicted octanol–water partition coefficient (Wildman–Crippen LogP) is 2.22. The van der Waals surface area contributed by atoms with Gasteiger partial charge < -0.3 is 9.64 Å². The monoisotopic (exact) mass is 313 g/mol. The van der Waals surface area contributed by atoms with Gasteiger partial charge in [-0.3, -0.25) is 0 Å². The van der Waals surface area contributed by atoms with E-state index in [1.807, 2.05) is 19.0 Å². The summed E-state index contributed by atoms with van der Waals surface area (Å²) in [4.78, 5) is 1.19. The SMILES string of the molecule is CN(C)CCCOc1c(F)cc(F)cc1S(=O)(=O)Cl. The maximum atomic E-state index is 13.5. The number of hydrogen-bond acceptors (Lipinski definition) is 4. The summed E-state index contributed by atoms with van der Waals surface area (Å²) in [6.45, 7) is 0.784. The third-order valence-electron chi connectivity index (χ3n) is 2.23. The van der Waals surface area contributed by atoms with Gasteiger partial charge >= 0.3 is 0 Å². The van der Waals surface area contributed by atoms with Crippen molar-refractivity contribution >= 4 is 19.7 Å². The maximum absolute atomic E-state index is 13.5. The molecule has 0 saturated heterocycles. The Hall–Kier alpha value is -0.920. The fourth-order valence-electron chi connectivity index (χ4n) is 1.41. The van der Waals surface area contributed by atoms with Crippen LogP contribution in [0.2, 0.25) is 0 Å². The van der Waals surface area contributed by atoms with E-state index in [0.29, 0.717) is 25.1 Å². The fourth-order valence-corrected chi connectivity index (χ4v) is 2.39. The highest BCUT2D eigenvalue weighted by atomic mass is 35.7. The van der Waals surface area contributed by atoms with Crippen LogP contribution in [-0.2, 0) is 9.05 Å². The molecule has 0 bridgehead atoms. The Balaban J connectivity index is 2.93. The van der Waals surface area contributed by atoms with E-state index in [4.69, 9.17) is 15.4 Å². The van der Waals surface area contributed by atoms with E-state index < -0.39 is 31.3 Å². The lowest BCUT2D eigenvalue weighted by Crippen LogP contribution is -2.16. The van der Waals surface area contributed by atoms with Crippen LogP contribution in [0.1, 0.15) is 6.42 Å². The zero-order valence-electron chi connectivity index (χ0n) is 10.5. The van der Waals surface area contributed by atoms with Crippen LogP contribution in [0, 0.1) is 11.6 Å². The van der Waals surface area contributed by atoms with Crippen molar-refractivity contribution in [2.75, 3.05) is 27.2 Å². The van der Waals surface area contributed by atoms with Crippen molar-refractivity contribution in [3.63, 3.8) is 0 Å². The van der Waals surface area contributed by atoms with Crippen molar-refractivity contribution < 1.29 is 21.9 Å². The molecular formula is C11H14ClF2NO3S. The van der Waals surface area contributed by atoms with E-state index >= 15 is 0 Å².